The van der Waals surface area contributed by atoms with Gasteiger partial charge in [0.1, 0.15) is 24.4 Å². The molecule has 37 heavy (non-hydrogen) atoms. The van der Waals surface area contributed by atoms with E-state index in [9.17, 15) is 38.4 Å². The molecule has 15 heteroatoms. The van der Waals surface area contributed by atoms with E-state index in [4.69, 9.17) is 20.5 Å². The Morgan fingerprint density at radius 3 is 2.03 bits per heavy atom. The molecule has 0 aliphatic carbocycles. The quantitative estimate of drug-likeness (QED) is 0.197. The van der Waals surface area contributed by atoms with Crippen LogP contribution in [0.3, 0.4) is 0 Å². The summed E-state index contributed by atoms with van der Waals surface area (Å²) in [6, 6.07) is 10.2. The Morgan fingerprint density at radius 1 is 0.973 bits per heavy atom. The Hall–Kier alpha value is -2.99. The van der Waals surface area contributed by atoms with Gasteiger partial charge in [0, 0.05) is 6.54 Å². The molecule has 9 N–H and O–H groups in total. The molecule has 1 aliphatic rings. The van der Waals surface area contributed by atoms with Crippen LogP contribution >= 0.6 is 0 Å². The first-order valence-corrected chi connectivity index (χ1v) is 11.9. The van der Waals surface area contributed by atoms with Crippen molar-refractivity contribution in [3.8, 4) is 11.1 Å². The Bertz CT molecular complexity index is 1210. The van der Waals surface area contributed by atoms with E-state index in [2.05, 4.69) is 8.92 Å². The van der Waals surface area contributed by atoms with E-state index in [0.29, 0.717) is 17.7 Å². The zero-order chi connectivity index (χ0) is 28.1. The lowest BCUT2D eigenvalue weighted by atomic mass is 9.92. The standard InChI is InChI=1S/C16H15NO4.C6H12O9S/c1-9-12(15(18)19)6-7-13(14(9)16(20)21)11-4-2-10(8-17)3-5-11;7-1-2-3(8)4(9)5(10)6(14-2)15-16(11,12)13/h2-7H,8,17H2,1H3,(H,18,19)(H,20,21);2-10H,1H2,(H,11,12,13)/t;2-,3-,4+,5-,6+/m.1/s1. The Kier molecular flexibility index (Phi) is 10.2. The fraction of sp³-hybridized carbons (Fsp3) is 0.364. The molecule has 0 saturated carbocycles. The van der Waals surface area contributed by atoms with Crippen LogP contribution in [0.2, 0.25) is 0 Å². The van der Waals surface area contributed by atoms with Crippen molar-refractivity contribution in [3.63, 3.8) is 0 Å². The second-order valence-electron chi connectivity index (χ2n) is 7.89. The fourth-order valence-corrected chi connectivity index (χ4v) is 3.95. The van der Waals surface area contributed by atoms with Gasteiger partial charge in [-0.1, -0.05) is 30.3 Å². The third-order valence-corrected chi connectivity index (χ3v) is 5.91. The number of aliphatic hydroxyl groups excluding tert-OH is 4. The van der Waals surface area contributed by atoms with Crippen molar-refractivity contribution in [2.75, 3.05) is 6.61 Å². The lowest BCUT2D eigenvalue weighted by molar-refractivity contribution is -0.277. The Labute approximate surface area is 211 Å². The van der Waals surface area contributed by atoms with Crippen LogP contribution in [0.4, 0.5) is 0 Å². The van der Waals surface area contributed by atoms with Gasteiger partial charge in [0.25, 0.3) is 0 Å². The van der Waals surface area contributed by atoms with E-state index < -0.39 is 59.7 Å². The molecule has 0 aromatic heterocycles. The molecular weight excluding hydrogens is 518 g/mol. The average Bonchev–Trinajstić information content (AvgIpc) is 2.83. The molecule has 3 rings (SSSR count). The topological polar surface area (TPSA) is 254 Å². The summed E-state index contributed by atoms with van der Waals surface area (Å²) < 4.78 is 37.6. The molecule has 14 nitrogen and oxygen atoms in total. The van der Waals surface area contributed by atoms with Crippen molar-refractivity contribution in [1.82, 2.24) is 0 Å². The fourth-order valence-electron chi connectivity index (χ4n) is 3.55. The first-order chi connectivity index (χ1) is 17.2. The van der Waals surface area contributed by atoms with Gasteiger partial charge in [0.05, 0.1) is 17.7 Å². The van der Waals surface area contributed by atoms with Crippen LogP contribution < -0.4 is 5.73 Å². The number of nitrogens with two attached hydrogens (primary N) is 1. The number of hydrogen-bond acceptors (Lipinski definition) is 11. The highest BCUT2D eigenvalue weighted by Crippen LogP contribution is 2.29. The summed E-state index contributed by atoms with van der Waals surface area (Å²) in [4.78, 5) is 22.6. The van der Waals surface area contributed by atoms with E-state index >= 15 is 0 Å². The van der Waals surface area contributed by atoms with Crippen LogP contribution in [0.25, 0.3) is 11.1 Å². The number of carbonyl (C=O) groups is 2. The summed E-state index contributed by atoms with van der Waals surface area (Å²) in [7, 11) is -4.89. The molecule has 5 atom stereocenters. The van der Waals surface area contributed by atoms with Crippen molar-refractivity contribution in [2.45, 2.75) is 44.2 Å². The van der Waals surface area contributed by atoms with E-state index in [0.717, 1.165) is 5.56 Å². The van der Waals surface area contributed by atoms with Crippen molar-refractivity contribution >= 4 is 22.3 Å². The minimum atomic E-state index is -4.89. The van der Waals surface area contributed by atoms with Crippen molar-refractivity contribution < 1.29 is 62.1 Å². The van der Waals surface area contributed by atoms with Gasteiger partial charge < -0.3 is 41.1 Å². The third kappa shape index (κ3) is 7.51. The van der Waals surface area contributed by atoms with E-state index in [1.54, 1.807) is 12.1 Å². The second kappa shape index (κ2) is 12.5. The number of benzene rings is 2. The van der Waals surface area contributed by atoms with E-state index in [1.807, 2.05) is 12.1 Å². The zero-order valence-electron chi connectivity index (χ0n) is 19.3. The largest absolute Gasteiger partial charge is 0.478 e. The number of ether oxygens (including phenoxy) is 1. The molecule has 1 saturated heterocycles. The minimum Gasteiger partial charge on any atom is -0.478 e. The maximum atomic E-state index is 11.5. The Morgan fingerprint density at radius 2 is 1.57 bits per heavy atom. The van der Waals surface area contributed by atoms with E-state index in [-0.39, 0.29) is 16.7 Å². The van der Waals surface area contributed by atoms with Gasteiger partial charge in [-0.25, -0.2) is 13.8 Å². The van der Waals surface area contributed by atoms with Crippen LogP contribution in [-0.4, -0.2) is 92.9 Å². The summed E-state index contributed by atoms with van der Waals surface area (Å²) in [5.74, 6) is -2.28. The predicted molar refractivity (Wildman–Crippen MR) is 125 cm³/mol. The SMILES string of the molecule is Cc1c(C(=O)O)ccc(-c2ccc(CN)cc2)c1C(=O)O.O=S(=O)(O)O[C@@H]1O[C@H](CO)[C@@H](O)[C@H](O)[C@H]1O. The summed E-state index contributed by atoms with van der Waals surface area (Å²) >= 11 is 0. The summed E-state index contributed by atoms with van der Waals surface area (Å²) in [5.41, 5.74) is 7.93. The normalized spacial score (nSPS) is 23.6. The molecule has 204 valence electrons. The molecule has 0 radical (unpaired) electrons. The number of aromatic carboxylic acids is 2. The van der Waals surface area contributed by atoms with Gasteiger partial charge in [-0.05, 0) is 35.2 Å². The molecule has 1 heterocycles. The highest BCUT2D eigenvalue weighted by atomic mass is 32.3. The lowest BCUT2D eigenvalue weighted by Crippen LogP contribution is -2.59. The smallest absolute Gasteiger partial charge is 0.399 e. The van der Waals surface area contributed by atoms with Crippen LogP contribution in [0.15, 0.2) is 36.4 Å². The van der Waals surface area contributed by atoms with Gasteiger partial charge in [-0.2, -0.15) is 8.42 Å². The predicted octanol–water partition coefficient (Wildman–Crippen LogP) is -0.877. The van der Waals surface area contributed by atoms with Crippen LogP contribution in [0.1, 0.15) is 31.8 Å². The molecule has 0 bridgehead atoms. The Balaban J connectivity index is 0.000000271. The second-order valence-corrected chi connectivity index (χ2v) is 8.94. The van der Waals surface area contributed by atoms with Crippen molar-refractivity contribution in [1.29, 1.82) is 0 Å². The van der Waals surface area contributed by atoms with Gasteiger partial charge >= 0.3 is 22.3 Å². The van der Waals surface area contributed by atoms with Gasteiger partial charge in [-0.3, -0.25) is 4.55 Å². The van der Waals surface area contributed by atoms with Gasteiger partial charge in [0.15, 0.2) is 0 Å². The van der Waals surface area contributed by atoms with Crippen molar-refractivity contribution in [2.24, 2.45) is 5.73 Å². The maximum Gasteiger partial charge on any atom is 0.399 e. The van der Waals surface area contributed by atoms with Crippen LogP contribution in [0.5, 0.6) is 0 Å². The number of aliphatic hydroxyl groups is 4. The summed E-state index contributed by atoms with van der Waals surface area (Å²) in [6.45, 7) is 1.18. The average molecular weight is 546 g/mol. The first-order valence-electron chi connectivity index (χ1n) is 10.6. The summed E-state index contributed by atoms with van der Waals surface area (Å²) in [5, 5.41) is 55.0. The van der Waals surface area contributed by atoms with Gasteiger partial charge in [-0.15, -0.1) is 0 Å². The minimum absolute atomic E-state index is 0.00488. The molecule has 0 unspecified atom stereocenters. The van der Waals surface area contributed by atoms with Gasteiger partial charge in [0.2, 0.25) is 6.29 Å². The molecule has 0 spiro atoms. The number of rotatable bonds is 7. The maximum absolute atomic E-state index is 11.5. The first kappa shape index (κ1) is 30.2. The zero-order valence-corrected chi connectivity index (χ0v) is 20.1. The number of hydrogen-bond donors (Lipinski definition) is 8. The monoisotopic (exact) mass is 545 g/mol. The highest BCUT2D eigenvalue weighted by Gasteiger charge is 2.45. The number of carboxylic acids is 2. The third-order valence-electron chi connectivity index (χ3n) is 5.47. The van der Waals surface area contributed by atoms with Crippen molar-refractivity contribution in [3.05, 3.63) is 58.7 Å². The summed E-state index contributed by atoms with van der Waals surface area (Å²) in [6.07, 6.45) is -8.46. The highest BCUT2D eigenvalue weighted by molar-refractivity contribution is 7.80. The molecule has 2 aromatic rings. The van der Waals surface area contributed by atoms with E-state index in [1.165, 1.54) is 19.1 Å². The lowest BCUT2D eigenvalue weighted by Gasteiger charge is -2.38. The van der Waals surface area contributed by atoms with Crippen LogP contribution in [0, 0.1) is 6.92 Å². The molecule has 1 fully saturated rings. The molecule has 2 aromatic carbocycles. The van der Waals surface area contributed by atoms with Crippen LogP contribution in [-0.2, 0) is 25.9 Å². The molecular formula is C22H27NO13S. The molecule has 0 amide bonds. The molecule has 1 aliphatic heterocycles. The number of carboxylic acid groups (broad SMARTS) is 2.